The van der Waals surface area contributed by atoms with Crippen molar-refractivity contribution in [2.24, 2.45) is 39.9 Å². The molecule has 0 saturated heterocycles. The zero-order chi connectivity index (χ0) is 26.3. The smallest absolute Gasteiger partial charge is 0.330 e. The lowest BCUT2D eigenvalue weighted by Gasteiger charge is -2.58. The molecule has 194 valence electrons. The Hall–Kier alpha value is -2.10. The van der Waals surface area contributed by atoms with E-state index in [9.17, 15) is 14.7 Å². The van der Waals surface area contributed by atoms with Crippen molar-refractivity contribution >= 4 is 11.9 Å². The highest BCUT2D eigenvalue weighted by atomic mass is 16.4. The third-order valence-corrected chi connectivity index (χ3v) is 10.6. The summed E-state index contributed by atoms with van der Waals surface area (Å²) in [6, 6.07) is 0. The van der Waals surface area contributed by atoms with E-state index in [-0.39, 0.29) is 22.7 Å². The monoisotopic (exact) mass is 482 g/mol. The fourth-order valence-corrected chi connectivity index (χ4v) is 8.15. The first-order chi connectivity index (χ1) is 16.2. The number of hydrogen-bond donors (Lipinski definition) is 2. The van der Waals surface area contributed by atoms with Crippen molar-refractivity contribution in [3.63, 3.8) is 0 Å². The van der Waals surface area contributed by atoms with Crippen LogP contribution in [0.15, 0.2) is 47.6 Å². The van der Waals surface area contributed by atoms with Crippen LogP contribution in [0.5, 0.6) is 0 Å². The van der Waals surface area contributed by atoms with Gasteiger partial charge in [0.05, 0.1) is 0 Å². The van der Waals surface area contributed by atoms with Gasteiger partial charge in [-0.25, -0.2) is 4.79 Å². The normalized spacial score (nSPS) is 37.8. The van der Waals surface area contributed by atoms with Crippen LogP contribution in [-0.2, 0) is 9.59 Å². The third-order valence-electron chi connectivity index (χ3n) is 10.6. The Morgan fingerprint density at radius 3 is 2.40 bits per heavy atom. The van der Waals surface area contributed by atoms with E-state index in [1.54, 1.807) is 6.92 Å². The van der Waals surface area contributed by atoms with Crippen LogP contribution >= 0.6 is 0 Å². The van der Waals surface area contributed by atoms with Gasteiger partial charge in [-0.1, -0.05) is 69.7 Å². The van der Waals surface area contributed by atoms with Crippen LogP contribution in [0.3, 0.4) is 0 Å². The van der Waals surface area contributed by atoms with Crippen LogP contribution in [-0.4, -0.2) is 22.2 Å². The van der Waals surface area contributed by atoms with E-state index in [0.717, 1.165) is 44.1 Å². The van der Waals surface area contributed by atoms with Gasteiger partial charge in [0, 0.05) is 17.9 Å². The van der Waals surface area contributed by atoms with Crippen LogP contribution in [0.1, 0.15) is 92.9 Å². The lowest BCUT2D eigenvalue weighted by atomic mass is 9.45. The molecule has 0 aromatic rings. The molecule has 4 heteroatoms. The van der Waals surface area contributed by atoms with Gasteiger partial charge in [0.2, 0.25) is 0 Å². The van der Waals surface area contributed by atoms with E-state index in [0.29, 0.717) is 35.7 Å². The van der Waals surface area contributed by atoms with Crippen molar-refractivity contribution in [1.82, 2.24) is 0 Å². The molecule has 2 fully saturated rings. The van der Waals surface area contributed by atoms with E-state index >= 15 is 0 Å². The van der Waals surface area contributed by atoms with Crippen molar-refractivity contribution in [1.29, 1.82) is 0 Å². The average Bonchev–Trinajstić information content (AvgIpc) is 3.01. The molecular formula is C31H46O4. The van der Waals surface area contributed by atoms with Crippen molar-refractivity contribution in [3.8, 4) is 0 Å². The first kappa shape index (κ1) is 27.5. The van der Waals surface area contributed by atoms with Crippen LogP contribution in [0, 0.1) is 39.9 Å². The summed E-state index contributed by atoms with van der Waals surface area (Å²) >= 11 is 0. The SMILES string of the molecule is C=C(C)[C@@H]1CC[C@]2(C)C(=C[C@H]3C(=C)[C@@H]([C@H](C)CC/C=C(/C)C(=O)O)CC[C@]32C)[C@@]1(C)CCC(=O)O. The second kappa shape index (κ2) is 9.75. The summed E-state index contributed by atoms with van der Waals surface area (Å²) in [5, 5.41) is 18.7. The van der Waals surface area contributed by atoms with Crippen molar-refractivity contribution in [2.45, 2.75) is 92.9 Å². The van der Waals surface area contributed by atoms with Gasteiger partial charge in [0.25, 0.3) is 0 Å². The van der Waals surface area contributed by atoms with Crippen LogP contribution in [0.25, 0.3) is 0 Å². The van der Waals surface area contributed by atoms with E-state index < -0.39 is 11.9 Å². The molecule has 7 atom stereocenters. The highest BCUT2D eigenvalue weighted by Gasteiger charge is 2.63. The second-order valence-corrected chi connectivity index (χ2v) is 12.5. The van der Waals surface area contributed by atoms with Gasteiger partial charge in [-0.15, -0.1) is 0 Å². The molecule has 0 amide bonds. The topological polar surface area (TPSA) is 74.6 Å². The summed E-state index contributed by atoms with van der Waals surface area (Å²) in [7, 11) is 0. The Kier molecular flexibility index (Phi) is 7.65. The van der Waals surface area contributed by atoms with E-state index in [1.807, 2.05) is 6.08 Å². The van der Waals surface area contributed by atoms with Crippen LogP contribution < -0.4 is 0 Å². The number of hydrogen-bond acceptors (Lipinski definition) is 2. The Bertz CT molecular complexity index is 970. The Morgan fingerprint density at radius 1 is 1.17 bits per heavy atom. The maximum atomic E-state index is 11.6. The average molecular weight is 483 g/mol. The van der Waals surface area contributed by atoms with Gasteiger partial charge in [-0.3, -0.25) is 4.79 Å². The Labute approximate surface area is 212 Å². The van der Waals surface area contributed by atoms with Gasteiger partial charge in [-0.2, -0.15) is 0 Å². The van der Waals surface area contributed by atoms with E-state index in [4.69, 9.17) is 5.11 Å². The van der Waals surface area contributed by atoms with Gasteiger partial charge in [0.15, 0.2) is 0 Å². The Balaban J connectivity index is 1.91. The van der Waals surface area contributed by atoms with Gasteiger partial charge >= 0.3 is 11.9 Å². The van der Waals surface area contributed by atoms with Crippen molar-refractivity contribution in [2.75, 3.05) is 0 Å². The minimum absolute atomic E-state index is 0.0371. The molecule has 3 aliphatic carbocycles. The molecule has 0 heterocycles. The molecule has 0 radical (unpaired) electrons. The number of aliphatic carboxylic acids is 2. The number of carboxylic acid groups (broad SMARTS) is 2. The summed E-state index contributed by atoms with van der Waals surface area (Å²) in [6.45, 7) is 22.2. The number of allylic oxidation sites excluding steroid dienone is 5. The quantitative estimate of drug-likeness (QED) is 0.259. The summed E-state index contributed by atoms with van der Waals surface area (Å²) < 4.78 is 0. The predicted molar refractivity (Wildman–Crippen MR) is 142 cm³/mol. The molecule has 35 heavy (non-hydrogen) atoms. The van der Waals surface area contributed by atoms with E-state index in [2.05, 4.69) is 53.9 Å². The highest BCUT2D eigenvalue weighted by Crippen LogP contribution is 2.72. The molecular weight excluding hydrogens is 436 g/mol. The molecule has 4 nitrogen and oxygen atoms in total. The number of carbonyl (C=O) groups is 2. The molecule has 0 aromatic carbocycles. The summed E-state index contributed by atoms with van der Waals surface area (Å²) in [5.41, 5.74) is 4.29. The maximum absolute atomic E-state index is 11.6. The zero-order valence-corrected chi connectivity index (χ0v) is 22.7. The molecule has 0 unspecified atom stereocenters. The predicted octanol–water partition coefficient (Wildman–Crippen LogP) is 7.83. The number of fused-ring (bicyclic) bond motifs is 3. The summed E-state index contributed by atoms with van der Waals surface area (Å²) in [6.07, 6.45) is 11.3. The second-order valence-electron chi connectivity index (χ2n) is 12.5. The molecule has 3 rings (SSSR count). The molecule has 0 aromatic heterocycles. The first-order valence-electron chi connectivity index (χ1n) is 13.4. The largest absolute Gasteiger partial charge is 0.481 e. The fraction of sp³-hybridized carbons (Fsp3) is 0.677. The zero-order valence-electron chi connectivity index (χ0n) is 22.7. The first-order valence-corrected chi connectivity index (χ1v) is 13.4. The van der Waals surface area contributed by atoms with Crippen LogP contribution in [0.4, 0.5) is 0 Å². The molecule has 0 spiro atoms. The summed E-state index contributed by atoms with van der Waals surface area (Å²) in [4.78, 5) is 22.7. The third kappa shape index (κ3) is 4.58. The molecule has 2 saturated carbocycles. The van der Waals surface area contributed by atoms with Crippen molar-refractivity contribution < 1.29 is 19.8 Å². The highest BCUT2D eigenvalue weighted by molar-refractivity contribution is 5.85. The van der Waals surface area contributed by atoms with Crippen LogP contribution in [0.2, 0.25) is 0 Å². The minimum atomic E-state index is -0.845. The number of rotatable bonds is 9. The molecule has 3 aliphatic rings. The Morgan fingerprint density at radius 2 is 1.83 bits per heavy atom. The van der Waals surface area contributed by atoms with E-state index in [1.165, 1.54) is 11.1 Å². The molecule has 0 aliphatic heterocycles. The van der Waals surface area contributed by atoms with Gasteiger partial charge in [0.1, 0.15) is 0 Å². The standard InChI is InChI=1S/C31H46O4/c1-19(2)24-13-17-31(8)26(29(24,6)15-14-27(32)33)18-25-22(5)23(12-16-30(25,31)7)20(3)10-9-11-21(4)28(34)35/h11,18,20,23-25H,1,5,9-10,12-17H2,2-4,6-8H3,(H,32,33)(H,34,35)/b21-11-/t20-,23-,24+,25+,29+,30-,31-/m1/s1. The number of carboxylic acids is 2. The van der Waals surface area contributed by atoms with Gasteiger partial charge in [-0.05, 0) is 92.8 Å². The minimum Gasteiger partial charge on any atom is -0.481 e. The fourth-order valence-electron chi connectivity index (χ4n) is 8.15. The van der Waals surface area contributed by atoms with Crippen molar-refractivity contribution in [3.05, 3.63) is 47.6 Å². The van der Waals surface area contributed by atoms with Gasteiger partial charge < -0.3 is 10.2 Å². The molecule has 2 N–H and O–H groups in total. The summed E-state index contributed by atoms with van der Waals surface area (Å²) in [5.74, 6) is -0.102. The maximum Gasteiger partial charge on any atom is 0.330 e. The lowest BCUT2D eigenvalue weighted by molar-refractivity contribution is -0.138. The lowest BCUT2D eigenvalue weighted by Crippen LogP contribution is -2.50. The molecule has 0 bridgehead atoms.